The number of likely N-dealkylation sites (tertiary alicyclic amines) is 1. The average molecular weight is 240 g/mol. The fourth-order valence-electron chi connectivity index (χ4n) is 3.05. The van der Waals surface area contributed by atoms with E-state index in [1.165, 1.54) is 0 Å². The molecule has 1 atom stereocenters. The lowest BCUT2D eigenvalue weighted by Crippen LogP contribution is -2.59. The largest absolute Gasteiger partial charge is 0.480 e. The number of likely N-dealkylation sites (N-methyl/N-ethyl adjacent to an activating group) is 1. The molecule has 4 nitrogen and oxygen atoms in total. The topological polar surface area (TPSA) is 52.6 Å². The molecule has 17 heavy (non-hydrogen) atoms. The molecule has 2 rings (SSSR count). The number of carboxylic acid groups (broad SMARTS) is 1. The summed E-state index contributed by atoms with van der Waals surface area (Å²) in [5, 5.41) is 12.6. The van der Waals surface area contributed by atoms with Crippen LogP contribution in [0.3, 0.4) is 0 Å². The number of hydrogen-bond acceptors (Lipinski definition) is 3. The van der Waals surface area contributed by atoms with Gasteiger partial charge in [0.2, 0.25) is 0 Å². The van der Waals surface area contributed by atoms with Gasteiger partial charge in [0.1, 0.15) is 5.54 Å². The van der Waals surface area contributed by atoms with Crippen LogP contribution in [0.2, 0.25) is 0 Å². The van der Waals surface area contributed by atoms with Crippen LogP contribution in [0.15, 0.2) is 0 Å². The van der Waals surface area contributed by atoms with Gasteiger partial charge in [0, 0.05) is 13.1 Å². The van der Waals surface area contributed by atoms with E-state index in [1.807, 2.05) is 0 Å². The Kier molecular flexibility index (Phi) is 3.21. The van der Waals surface area contributed by atoms with Gasteiger partial charge in [-0.25, -0.2) is 0 Å². The molecule has 0 aromatic carbocycles. The maximum atomic E-state index is 11.6. The number of carboxylic acids is 1. The number of rotatable bonds is 5. The third-order valence-electron chi connectivity index (χ3n) is 4.33. The fourth-order valence-corrected chi connectivity index (χ4v) is 3.05. The predicted octanol–water partition coefficient (Wildman–Crippen LogP) is 1.17. The summed E-state index contributed by atoms with van der Waals surface area (Å²) in [6, 6.07) is 0. The van der Waals surface area contributed by atoms with Crippen molar-refractivity contribution in [1.29, 1.82) is 0 Å². The maximum absolute atomic E-state index is 11.6. The average Bonchev–Trinajstić information content (AvgIpc) is 3.01. The Labute approximate surface area is 103 Å². The van der Waals surface area contributed by atoms with Crippen molar-refractivity contribution >= 4 is 5.97 Å². The van der Waals surface area contributed by atoms with E-state index in [1.54, 1.807) is 7.05 Å². The van der Waals surface area contributed by atoms with Gasteiger partial charge in [0.05, 0.1) is 0 Å². The molecule has 0 bridgehead atoms. The van der Waals surface area contributed by atoms with E-state index >= 15 is 0 Å². The maximum Gasteiger partial charge on any atom is 0.325 e. The first kappa shape index (κ1) is 12.8. The summed E-state index contributed by atoms with van der Waals surface area (Å²) in [5.74, 6) is -0.374. The molecule has 2 aliphatic rings. The predicted molar refractivity (Wildman–Crippen MR) is 67.0 cm³/mol. The lowest BCUT2D eigenvalue weighted by atomic mass is 9.91. The summed E-state index contributed by atoms with van der Waals surface area (Å²) < 4.78 is 0. The Morgan fingerprint density at radius 1 is 1.53 bits per heavy atom. The second kappa shape index (κ2) is 4.25. The molecule has 1 aliphatic heterocycles. The molecule has 4 heteroatoms. The van der Waals surface area contributed by atoms with E-state index in [9.17, 15) is 9.90 Å². The standard InChI is InChI=1S/C13H24N2O2/c1-12(2)6-7-15(8-12)9-13(14-3,11(16)17)10-4-5-10/h10,14H,4-9H2,1-3H3,(H,16,17). The van der Waals surface area contributed by atoms with Crippen molar-refractivity contribution in [3.05, 3.63) is 0 Å². The van der Waals surface area contributed by atoms with Crippen LogP contribution in [0.5, 0.6) is 0 Å². The molecule has 98 valence electrons. The number of hydrogen-bond donors (Lipinski definition) is 2. The first-order valence-electron chi connectivity index (χ1n) is 6.54. The Morgan fingerprint density at radius 2 is 2.18 bits per heavy atom. The Bertz CT molecular complexity index is 313. The van der Waals surface area contributed by atoms with E-state index in [-0.39, 0.29) is 0 Å². The van der Waals surface area contributed by atoms with E-state index in [0.29, 0.717) is 17.9 Å². The van der Waals surface area contributed by atoms with Gasteiger partial charge in [-0.15, -0.1) is 0 Å². The molecule has 1 heterocycles. The van der Waals surface area contributed by atoms with Crippen LogP contribution in [0.25, 0.3) is 0 Å². The van der Waals surface area contributed by atoms with Crippen LogP contribution in [-0.4, -0.2) is 48.2 Å². The molecule has 0 aromatic heterocycles. The number of carbonyl (C=O) groups is 1. The molecule has 1 aliphatic carbocycles. The van der Waals surface area contributed by atoms with Gasteiger partial charge in [0.15, 0.2) is 0 Å². The Morgan fingerprint density at radius 3 is 2.53 bits per heavy atom. The van der Waals surface area contributed by atoms with Gasteiger partial charge >= 0.3 is 5.97 Å². The highest BCUT2D eigenvalue weighted by molar-refractivity contribution is 5.80. The molecular formula is C13H24N2O2. The molecule has 1 unspecified atom stereocenters. The van der Waals surface area contributed by atoms with Gasteiger partial charge in [0.25, 0.3) is 0 Å². The van der Waals surface area contributed by atoms with Crippen molar-refractivity contribution in [2.45, 2.75) is 38.6 Å². The van der Waals surface area contributed by atoms with Crippen LogP contribution < -0.4 is 5.32 Å². The molecule has 0 spiro atoms. The highest BCUT2D eigenvalue weighted by atomic mass is 16.4. The summed E-state index contributed by atoms with van der Waals surface area (Å²) >= 11 is 0. The second-order valence-electron chi connectivity index (χ2n) is 6.43. The minimum Gasteiger partial charge on any atom is -0.480 e. The summed E-state index contributed by atoms with van der Waals surface area (Å²) in [5.41, 5.74) is -0.387. The molecule has 0 radical (unpaired) electrons. The third kappa shape index (κ3) is 2.47. The van der Waals surface area contributed by atoms with Gasteiger partial charge in [-0.3, -0.25) is 4.79 Å². The lowest BCUT2D eigenvalue weighted by molar-refractivity contribution is -0.146. The third-order valence-corrected chi connectivity index (χ3v) is 4.33. The highest BCUT2D eigenvalue weighted by Gasteiger charge is 2.51. The highest BCUT2D eigenvalue weighted by Crippen LogP contribution is 2.41. The lowest BCUT2D eigenvalue weighted by Gasteiger charge is -2.34. The van der Waals surface area contributed by atoms with E-state index in [0.717, 1.165) is 32.4 Å². The van der Waals surface area contributed by atoms with Crippen molar-refractivity contribution in [3.8, 4) is 0 Å². The number of aliphatic carboxylic acids is 1. The minimum atomic E-state index is -0.722. The van der Waals surface area contributed by atoms with Gasteiger partial charge < -0.3 is 15.3 Å². The van der Waals surface area contributed by atoms with Crippen LogP contribution in [-0.2, 0) is 4.79 Å². The molecule has 0 amide bonds. The van der Waals surface area contributed by atoms with Crippen LogP contribution in [0.1, 0.15) is 33.1 Å². The normalized spacial score (nSPS) is 27.9. The molecule has 2 N–H and O–H groups in total. The molecular weight excluding hydrogens is 216 g/mol. The first-order valence-corrected chi connectivity index (χ1v) is 6.54. The number of nitrogens with zero attached hydrogens (tertiary/aromatic N) is 1. The summed E-state index contributed by atoms with van der Waals surface area (Å²) in [4.78, 5) is 13.9. The fraction of sp³-hybridized carbons (Fsp3) is 0.923. The summed E-state index contributed by atoms with van der Waals surface area (Å²) in [6.45, 7) is 7.19. The Hall–Kier alpha value is -0.610. The van der Waals surface area contributed by atoms with Crippen LogP contribution >= 0.6 is 0 Å². The summed E-state index contributed by atoms with van der Waals surface area (Å²) in [7, 11) is 1.79. The van der Waals surface area contributed by atoms with Gasteiger partial charge in [-0.2, -0.15) is 0 Å². The smallest absolute Gasteiger partial charge is 0.325 e. The molecule has 0 aromatic rings. The van der Waals surface area contributed by atoms with Crippen molar-refractivity contribution in [2.75, 3.05) is 26.7 Å². The molecule has 2 fully saturated rings. The van der Waals surface area contributed by atoms with Crippen molar-refractivity contribution in [2.24, 2.45) is 11.3 Å². The van der Waals surface area contributed by atoms with Crippen molar-refractivity contribution in [1.82, 2.24) is 10.2 Å². The Balaban J connectivity index is 2.06. The van der Waals surface area contributed by atoms with Gasteiger partial charge in [-0.1, -0.05) is 13.8 Å². The van der Waals surface area contributed by atoms with Crippen LogP contribution in [0, 0.1) is 11.3 Å². The van der Waals surface area contributed by atoms with E-state index < -0.39 is 11.5 Å². The minimum absolute atomic E-state index is 0.314. The zero-order valence-corrected chi connectivity index (χ0v) is 11.1. The molecule has 1 saturated carbocycles. The quantitative estimate of drug-likeness (QED) is 0.757. The van der Waals surface area contributed by atoms with Gasteiger partial charge in [-0.05, 0) is 44.2 Å². The summed E-state index contributed by atoms with van der Waals surface area (Å²) in [6.07, 6.45) is 3.26. The zero-order chi connectivity index (χ0) is 12.7. The van der Waals surface area contributed by atoms with Crippen molar-refractivity contribution < 1.29 is 9.90 Å². The first-order chi connectivity index (χ1) is 7.89. The SMILES string of the molecule is CNC(CN1CCC(C)(C)C1)(C(=O)O)C1CC1. The number of nitrogens with one attached hydrogen (secondary N) is 1. The second-order valence-corrected chi connectivity index (χ2v) is 6.43. The van der Waals surface area contributed by atoms with Crippen molar-refractivity contribution in [3.63, 3.8) is 0 Å². The van der Waals surface area contributed by atoms with E-state index in [4.69, 9.17) is 0 Å². The zero-order valence-electron chi connectivity index (χ0n) is 11.1. The molecule has 1 saturated heterocycles. The van der Waals surface area contributed by atoms with E-state index in [2.05, 4.69) is 24.1 Å². The monoisotopic (exact) mass is 240 g/mol. The van der Waals surface area contributed by atoms with Crippen LogP contribution in [0.4, 0.5) is 0 Å².